The van der Waals surface area contributed by atoms with Crippen LogP contribution in [0.25, 0.3) is 0 Å². The van der Waals surface area contributed by atoms with Gasteiger partial charge in [0.15, 0.2) is 0 Å². The van der Waals surface area contributed by atoms with Crippen molar-refractivity contribution in [3.63, 3.8) is 0 Å². The molecule has 14 heavy (non-hydrogen) atoms. The van der Waals surface area contributed by atoms with E-state index in [1.165, 1.54) is 11.4 Å². The molecule has 1 aliphatic rings. The lowest BCUT2D eigenvalue weighted by molar-refractivity contribution is -0.134. The quantitative estimate of drug-likeness (QED) is 0.815. The lowest BCUT2D eigenvalue weighted by atomic mass is 10.1. The Morgan fingerprint density at radius 1 is 1.43 bits per heavy atom. The Morgan fingerprint density at radius 2 is 2.07 bits per heavy atom. The molecule has 1 saturated carbocycles. The van der Waals surface area contributed by atoms with Crippen LogP contribution in [-0.4, -0.2) is 0 Å². The van der Waals surface area contributed by atoms with Crippen LogP contribution in [0.3, 0.4) is 0 Å². The summed E-state index contributed by atoms with van der Waals surface area (Å²) in [7, 11) is 0. The topological polar surface area (TPSA) is 26.0 Å². The molecule has 1 aromatic heterocycles. The van der Waals surface area contributed by atoms with Gasteiger partial charge >= 0.3 is 6.18 Å². The second kappa shape index (κ2) is 3.24. The molecule has 2 N–H and O–H groups in total. The number of alkyl halides is 3. The highest BCUT2D eigenvalue weighted by atomic mass is 32.1. The van der Waals surface area contributed by atoms with Gasteiger partial charge < -0.3 is 5.73 Å². The van der Waals surface area contributed by atoms with Gasteiger partial charge in [0.2, 0.25) is 0 Å². The molecular formula is C9H10F3NS. The van der Waals surface area contributed by atoms with Crippen LogP contribution in [0.2, 0.25) is 0 Å². The average Bonchev–Trinajstić information content (AvgIpc) is 2.79. The van der Waals surface area contributed by atoms with E-state index in [1.807, 2.05) is 0 Å². The van der Waals surface area contributed by atoms with Crippen molar-refractivity contribution >= 4 is 11.3 Å². The van der Waals surface area contributed by atoms with Gasteiger partial charge in [-0.3, -0.25) is 0 Å². The van der Waals surface area contributed by atoms with Gasteiger partial charge in [-0.1, -0.05) is 0 Å². The molecule has 0 radical (unpaired) electrons. The van der Waals surface area contributed by atoms with Crippen molar-refractivity contribution in [3.8, 4) is 0 Å². The summed E-state index contributed by atoms with van der Waals surface area (Å²) in [6.07, 6.45) is -2.15. The molecule has 0 spiro atoms. The van der Waals surface area contributed by atoms with E-state index >= 15 is 0 Å². The fraction of sp³-hybridized carbons (Fsp3) is 0.556. The minimum Gasteiger partial charge on any atom is -0.324 e. The van der Waals surface area contributed by atoms with E-state index in [0.717, 1.165) is 24.2 Å². The third-order valence-corrected chi connectivity index (χ3v) is 3.41. The van der Waals surface area contributed by atoms with Crippen molar-refractivity contribution < 1.29 is 13.2 Å². The largest absolute Gasteiger partial charge is 0.425 e. The standard InChI is InChI=1S/C9H10F3NS/c10-9(11,12)7-3-6(4-14-7)8(13)5-1-2-5/h3-5,8H,1-2,13H2/t8-/m1/s1. The number of hydrogen-bond donors (Lipinski definition) is 1. The maximum absolute atomic E-state index is 12.3. The van der Waals surface area contributed by atoms with Gasteiger partial charge in [0, 0.05) is 6.04 Å². The molecule has 5 heteroatoms. The molecule has 1 atom stereocenters. The summed E-state index contributed by atoms with van der Waals surface area (Å²) in [6.45, 7) is 0. The van der Waals surface area contributed by atoms with E-state index in [0.29, 0.717) is 11.5 Å². The van der Waals surface area contributed by atoms with E-state index in [1.54, 1.807) is 0 Å². The van der Waals surface area contributed by atoms with Crippen molar-refractivity contribution in [2.24, 2.45) is 11.7 Å². The van der Waals surface area contributed by atoms with Crippen LogP contribution >= 0.6 is 11.3 Å². The molecule has 78 valence electrons. The Kier molecular flexibility index (Phi) is 2.31. The van der Waals surface area contributed by atoms with Crippen LogP contribution in [-0.2, 0) is 6.18 Å². The van der Waals surface area contributed by atoms with E-state index in [-0.39, 0.29) is 6.04 Å². The molecule has 2 rings (SSSR count). The van der Waals surface area contributed by atoms with Gasteiger partial charge in [0.05, 0.1) is 0 Å². The maximum Gasteiger partial charge on any atom is 0.425 e. The monoisotopic (exact) mass is 221 g/mol. The molecule has 1 nitrogen and oxygen atoms in total. The number of rotatable bonds is 2. The zero-order valence-electron chi connectivity index (χ0n) is 7.34. The minimum atomic E-state index is -4.23. The fourth-order valence-electron chi connectivity index (χ4n) is 1.40. The van der Waals surface area contributed by atoms with Crippen LogP contribution in [0.5, 0.6) is 0 Å². The van der Waals surface area contributed by atoms with Gasteiger partial charge in [-0.2, -0.15) is 13.2 Å². The summed E-state index contributed by atoms with van der Waals surface area (Å²) in [4.78, 5) is -0.552. The summed E-state index contributed by atoms with van der Waals surface area (Å²) in [5.41, 5.74) is 6.43. The first-order valence-electron chi connectivity index (χ1n) is 4.39. The summed E-state index contributed by atoms with van der Waals surface area (Å²) >= 11 is 0.725. The lowest BCUT2D eigenvalue weighted by Gasteiger charge is -2.06. The molecule has 0 unspecified atom stereocenters. The minimum absolute atomic E-state index is 0.206. The molecule has 1 fully saturated rings. The smallest absolute Gasteiger partial charge is 0.324 e. The Morgan fingerprint density at radius 3 is 2.50 bits per heavy atom. The summed E-state index contributed by atoms with van der Waals surface area (Å²) in [5.74, 6) is 0.394. The van der Waals surface area contributed by atoms with Gasteiger partial charge in [-0.25, -0.2) is 0 Å². The molecule has 1 aliphatic carbocycles. The lowest BCUT2D eigenvalue weighted by Crippen LogP contribution is -2.11. The Bertz CT molecular complexity index is 327. The van der Waals surface area contributed by atoms with Gasteiger partial charge in [-0.05, 0) is 35.8 Å². The number of hydrogen-bond acceptors (Lipinski definition) is 2. The van der Waals surface area contributed by atoms with Gasteiger partial charge in [-0.15, -0.1) is 11.3 Å². The highest BCUT2D eigenvalue weighted by Crippen LogP contribution is 2.42. The number of halogens is 3. The summed E-state index contributed by atoms with van der Waals surface area (Å²) in [6, 6.07) is 0.968. The molecule has 0 aromatic carbocycles. The summed E-state index contributed by atoms with van der Waals surface area (Å²) in [5, 5.41) is 1.52. The van der Waals surface area contributed by atoms with Crippen LogP contribution < -0.4 is 5.73 Å². The van der Waals surface area contributed by atoms with E-state index in [2.05, 4.69) is 0 Å². The number of thiophene rings is 1. The van der Waals surface area contributed by atoms with E-state index in [4.69, 9.17) is 5.73 Å². The average molecular weight is 221 g/mol. The van der Waals surface area contributed by atoms with E-state index in [9.17, 15) is 13.2 Å². The second-order valence-corrected chi connectivity index (χ2v) is 4.52. The SMILES string of the molecule is N[C@@H](c1csc(C(F)(F)F)c1)C1CC1. The molecule has 0 amide bonds. The van der Waals surface area contributed by atoms with Gasteiger partial charge in [0.25, 0.3) is 0 Å². The molecule has 0 saturated heterocycles. The predicted molar refractivity (Wildman–Crippen MR) is 49.0 cm³/mol. The predicted octanol–water partition coefficient (Wildman–Crippen LogP) is 3.18. The first-order chi connectivity index (χ1) is 6.48. The molecule has 1 aromatic rings. The zero-order valence-corrected chi connectivity index (χ0v) is 8.16. The van der Waals surface area contributed by atoms with Crippen LogP contribution in [0.1, 0.15) is 29.3 Å². The molecule has 0 bridgehead atoms. The second-order valence-electron chi connectivity index (χ2n) is 3.61. The zero-order chi connectivity index (χ0) is 10.3. The third kappa shape index (κ3) is 1.93. The number of nitrogens with two attached hydrogens (primary N) is 1. The van der Waals surface area contributed by atoms with Crippen molar-refractivity contribution in [2.75, 3.05) is 0 Å². The molecular weight excluding hydrogens is 211 g/mol. The maximum atomic E-state index is 12.3. The van der Waals surface area contributed by atoms with Crippen molar-refractivity contribution in [3.05, 3.63) is 21.9 Å². The highest BCUT2D eigenvalue weighted by molar-refractivity contribution is 7.10. The van der Waals surface area contributed by atoms with Crippen molar-refractivity contribution in [1.29, 1.82) is 0 Å². The van der Waals surface area contributed by atoms with Crippen molar-refractivity contribution in [2.45, 2.75) is 25.1 Å². The Balaban J connectivity index is 2.16. The van der Waals surface area contributed by atoms with E-state index < -0.39 is 11.1 Å². The highest BCUT2D eigenvalue weighted by Gasteiger charge is 2.35. The first kappa shape index (κ1) is 9.98. The molecule has 1 heterocycles. The van der Waals surface area contributed by atoms with Crippen LogP contribution in [0.15, 0.2) is 11.4 Å². The van der Waals surface area contributed by atoms with Crippen LogP contribution in [0, 0.1) is 5.92 Å². The van der Waals surface area contributed by atoms with Crippen molar-refractivity contribution in [1.82, 2.24) is 0 Å². The van der Waals surface area contributed by atoms with Gasteiger partial charge in [0.1, 0.15) is 4.88 Å². The Hall–Kier alpha value is -0.550. The summed E-state index contributed by atoms with van der Waals surface area (Å²) < 4.78 is 36.8. The normalized spacial score (nSPS) is 19.7. The first-order valence-corrected chi connectivity index (χ1v) is 5.27. The third-order valence-electron chi connectivity index (χ3n) is 2.41. The van der Waals surface area contributed by atoms with Crippen LogP contribution in [0.4, 0.5) is 13.2 Å². The molecule has 0 aliphatic heterocycles. The fourth-order valence-corrected chi connectivity index (χ4v) is 2.23. The Labute approximate surface area is 83.7 Å².